The largest absolute Gasteiger partial charge is 0.340 e. The lowest BCUT2D eigenvalue weighted by Crippen LogP contribution is -2.12. The topological polar surface area (TPSA) is 97.1 Å². The highest BCUT2D eigenvalue weighted by Gasteiger charge is 2.14. The van der Waals surface area contributed by atoms with E-state index in [0.29, 0.717) is 17.2 Å². The Labute approximate surface area is 209 Å². The summed E-state index contributed by atoms with van der Waals surface area (Å²) >= 11 is 0. The second-order valence-electron chi connectivity index (χ2n) is 8.81. The van der Waals surface area contributed by atoms with Crippen LogP contribution >= 0.6 is 0 Å². The highest BCUT2D eigenvalue weighted by molar-refractivity contribution is 6.05. The Hall–Kier alpha value is -4.59. The van der Waals surface area contributed by atoms with Crippen LogP contribution in [0.15, 0.2) is 73.1 Å². The van der Waals surface area contributed by atoms with Crippen molar-refractivity contribution in [1.82, 2.24) is 24.6 Å². The molecule has 36 heavy (non-hydrogen) atoms. The molecule has 5 rings (SSSR count). The van der Waals surface area contributed by atoms with E-state index in [0.717, 1.165) is 52.4 Å². The number of fused-ring (bicyclic) bond motifs is 1. The average molecular weight is 478 g/mol. The number of rotatable bonds is 7. The predicted molar refractivity (Wildman–Crippen MR) is 142 cm³/mol. The molecule has 0 aliphatic carbocycles. The average Bonchev–Trinajstić information content (AvgIpc) is 3.29. The number of hydrogen-bond acceptors (Lipinski definition) is 6. The third-order valence-corrected chi connectivity index (χ3v) is 5.67. The van der Waals surface area contributed by atoms with Crippen molar-refractivity contribution in [2.24, 2.45) is 0 Å². The van der Waals surface area contributed by atoms with Crippen LogP contribution < -0.4 is 10.6 Å². The summed E-state index contributed by atoms with van der Waals surface area (Å²) in [6.07, 6.45) is 5.22. The van der Waals surface area contributed by atoms with Crippen LogP contribution in [0, 0.1) is 13.8 Å². The van der Waals surface area contributed by atoms with Crippen LogP contribution in [0.3, 0.4) is 0 Å². The number of nitrogens with one attached hydrogen (secondary N) is 2. The van der Waals surface area contributed by atoms with Crippen LogP contribution in [-0.4, -0.2) is 30.5 Å². The Morgan fingerprint density at radius 3 is 2.53 bits per heavy atom. The Balaban J connectivity index is 1.46. The maximum atomic E-state index is 13.0. The fraction of sp³-hybridized carbons (Fsp3) is 0.179. The summed E-state index contributed by atoms with van der Waals surface area (Å²) in [6, 6.07) is 19.1. The summed E-state index contributed by atoms with van der Waals surface area (Å²) in [5, 5.41) is 11.1. The summed E-state index contributed by atoms with van der Waals surface area (Å²) < 4.78 is 1.68. The molecule has 0 aliphatic rings. The zero-order valence-electron chi connectivity index (χ0n) is 20.5. The standard InChI is InChI=1S/C28H27N7O/c1-4-7-22-16-25(35-28(32-22)33-26(34-35)21-9-6-11-29-17-21)30-23-10-5-8-20(15-23)27(36)31-24-13-18(2)12-19(3)14-24/h5-6,8-17,30H,4,7H2,1-3H3,(H,31,36). The molecule has 0 spiro atoms. The molecule has 8 heteroatoms. The van der Waals surface area contributed by atoms with E-state index in [4.69, 9.17) is 0 Å². The molecule has 0 unspecified atom stereocenters. The van der Waals surface area contributed by atoms with Crippen LogP contribution in [0.25, 0.3) is 17.2 Å². The van der Waals surface area contributed by atoms with Crippen LogP contribution in [0.1, 0.15) is 40.5 Å². The van der Waals surface area contributed by atoms with E-state index in [2.05, 4.69) is 43.7 Å². The minimum atomic E-state index is -0.171. The van der Waals surface area contributed by atoms with Crippen molar-refractivity contribution in [2.45, 2.75) is 33.6 Å². The Kier molecular flexibility index (Phi) is 6.40. The molecule has 5 aromatic rings. The van der Waals surface area contributed by atoms with Crippen LogP contribution in [0.4, 0.5) is 17.2 Å². The van der Waals surface area contributed by atoms with E-state index in [1.807, 2.05) is 62.4 Å². The Morgan fingerprint density at radius 2 is 1.78 bits per heavy atom. The minimum absolute atomic E-state index is 0.171. The third kappa shape index (κ3) is 5.07. The smallest absolute Gasteiger partial charge is 0.255 e. The molecule has 2 aromatic carbocycles. The first-order valence-electron chi connectivity index (χ1n) is 11.9. The molecule has 180 valence electrons. The lowest BCUT2D eigenvalue weighted by molar-refractivity contribution is 0.102. The normalized spacial score (nSPS) is 11.0. The molecule has 0 radical (unpaired) electrons. The number of benzene rings is 2. The summed E-state index contributed by atoms with van der Waals surface area (Å²) in [5.41, 5.74) is 6.02. The number of carbonyl (C=O) groups excluding carboxylic acids is 1. The third-order valence-electron chi connectivity index (χ3n) is 5.67. The van der Waals surface area contributed by atoms with Gasteiger partial charge in [0.15, 0.2) is 5.82 Å². The van der Waals surface area contributed by atoms with E-state index >= 15 is 0 Å². The van der Waals surface area contributed by atoms with Crippen molar-refractivity contribution in [3.8, 4) is 11.4 Å². The number of nitrogens with zero attached hydrogens (tertiary/aromatic N) is 5. The number of aryl methyl sites for hydroxylation is 3. The van der Waals surface area contributed by atoms with Gasteiger partial charge >= 0.3 is 0 Å². The molecule has 0 aliphatic heterocycles. The summed E-state index contributed by atoms with van der Waals surface area (Å²) in [4.78, 5) is 26.5. The summed E-state index contributed by atoms with van der Waals surface area (Å²) in [7, 11) is 0. The number of hydrogen-bond donors (Lipinski definition) is 2. The van der Waals surface area contributed by atoms with Gasteiger partial charge in [0.1, 0.15) is 5.82 Å². The molecule has 2 N–H and O–H groups in total. The lowest BCUT2D eigenvalue weighted by Gasteiger charge is -2.12. The molecule has 0 saturated heterocycles. The number of amides is 1. The molecule has 0 bridgehead atoms. The number of carbonyl (C=O) groups is 1. The van der Waals surface area contributed by atoms with Crippen molar-refractivity contribution in [3.63, 3.8) is 0 Å². The SMILES string of the molecule is CCCc1cc(Nc2cccc(C(=O)Nc3cc(C)cc(C)c3)c2)n2nc(-c3cccnc3)nc2n1. The Bertz CT molecular complexity index is 1520. The monoisotopic (exact) mass is 477 g/mol. The van der Waals surface area contributed by atoms with Crippen molar-refractivity contribution in [3.05, 3.63) is 95.4 Å². The van der Waals surface area contributed by atoms with E-state index < -0.39 is 0 Å². The van der Waals surface area contributed by atoms with Crippen LogP contribution in [0.2, 0.25) is 0 Å². The van der Waals surface area contributed by atoms with E-state index in [9.17, 15) is 4.79 Å². The van der Waals surface area contributed by atoms with E-state index in [-0.39, 0.29) is 5.91 Å². The molecule has 1 amide bonds. The highest BCUT2D eigenvalue weighted by atomic mass is 16.1. The van der Waals surface area contributed by atoms with E-state index in [1.165, 1.54) is 0 Å². The second-order valence-corrected chi connectivity index (χ2v) is 8.81. The lowest BCUT2D eigenvalue weighted by atomic mass is 10.1. The molecule has 0 fully saturated rings. The molecule has 3 heterocycles. The first kappa shape index (κ1) is 23.2. The van der Waals surface area contributed by atoms with Gasteiger partial charge in [0, 0.05) is 46.7 Å². The van der Waals surface area contributed by atoms with Gasteiger partial charge in [0.2, 0.25) is 0 Å². The van der Waals surface area contributed by atoms with Crippen molar-refractivity contribution in [1.29, 1.82) is 0 Å². The first-order valence-corrected chi connectivity index (χ1v) is 11.9. The van der Waals surface area contributed by atoms with Crippen molar-refractivity contribution in [2.75, 3.05) is 10.6 Å². The number of anilines is 3. The molecular weight excluding hydrogens is 450 g/mol. The Morgan fingerprint density at radius 1 is 0.944 bits per heavy atom. The maximum Gasteiger partial charge on any atom is 0.255 e. The molecular formula is C28H27N7O. The quantitative estimate of drug-likeness (QED) is 0.310. The van der Waals surface area contributed by atoms with Gasteiger partial charge in [-0.1, -0.05) is 25.5 Å². The molecule has 0 atom stereocenters. The van der Waals surface area contributed by atoms with Crippen LogP contribution in [0.5, 0.6) is 0 Å². The zero-order chi connectivity index (χ0) is 25.1. The van der Waals surface area contributed by atoms with Gasteiger partial charge in [-0.25, -0.2) is 4.98 Å². The van der Waals surface area contributed by atoms with Crippen molar-refractivity contribution >= 4 is 28.9 Å². The van der Waals surface area contributed by atoms with Gasteiger partial charge in [-0.2, -0.15) is 9.50 Å². The number of pyridine rings is 1. The van der Waals surface area contributed by atoms with Gasteiger partial charge in [0.05, 0.1) is 0 Å². The summed E-state index contributed by atoms with van der Waals surface area (Å²) in [6.45, 7) is 6.14. The van der Waals surface area contributed by atoms with Gasteiger partial charge in [-0.15, -0.1) is 5.10 Å². The minimum Gasteiger partial charge on any atom is -0.340 e. The molecule has 8 nitrogen and oxygen atoms in total. The maximum absolute atomic E-state index is 13.0. The first-order chi connectivity index (χ1) is 17.5. The van der Waals surface area contributed by atoms with E-state index in [1.54, 1.807) is 23.0 Å². The van der Waals surface area contributed by atoms with Gasteiger partial charge < -0.3 is 10.6 Å². The zero-order valence-corrected chi connectivity index (χ0v) is 20.5. The second kappa shape index (κ2) is 9.95. The van der Waals surface area contributed by atoms with Crippen molar-refractivity contribution < 1.29 is 4.79 Å². The van der Waals surface area contributed by atoms with Gasteiger partial charge in [-0.05, 0) is 73.9 Å². The predicted octanol–water partition coefficient (Wildman–Crippen LogP) is 5.75. The fourth-order valence-corrected chi connectivity index (χ4v) is 4.14. The molecule has 0 saturated carbocycles. The summed E-state index contributed by atoms with van der Waals surface area (Å²) in [5.74, 6) is 1.60. The molecule has 3 aromatic heterocycles. The van der Waals surface area contributed by atoms with Crippen LogP contribution in [-0.2, 0) is 6.42 Å². The number of aromatic nitrogens is 5. The van der Waals surface area contributed by atoms with Gasteiger partial charge in [0.25, 0.3) is 11.7 Å². The van der Waals surface area contributed by atoms with Gasteiger partial charge in [-0.3, -0.25) is 9.78 Å². The fourth-order valence-electron chi connectivity index (χ4n) is 4.14. The highest BCUT2D eigenvalue weighted by Crippen LogP contribution is 2.23.